The summed E-state index contributed by atoms with van der Waals surface area (Å²) >= 11 is 0. The normalized spacial score (nSPS) is 11.1. The topological polar surface area (TPSA) is 113 Å². The Hall–Kier alpha value is -5.16. The van der Waals surface area contributed by atoms with Crippen molar-refractivity contribution >= 4 is 16.8 Å². The lowest BCUT2D eigenvalue weighted by atomic mass is 9.93. The van der Waals surface area contributed by atoms with Crippen molar-refractivity contribution in [3.05, 3.63) is 105 Å². The first kappa shape index (κ1) is 31.3. The highest BCUT2D eigenvalue weighted by atomic mass is 19.1. The number of carbonyl (C=O) groups is 1. The maximum absolute atomic E-state index is 15.3. The summed E-state index contributed by atoms with van der Waals surface area (Å²) in [5.74, 6) is -0.925. The van der Waals surface area contributed by atoms with Crippen LogP contribution in [0.25, 0.3) is 22.2 Å². The standard InChI is InChI=1S/C34H31F2N3O6/c1-18-14-22(35)7-8-23(18)30-19(2)38-20(3)31(33(30)41)26(40)16-21-6-9-27(24(36)15-21)45-28-10-11-37-25-17-29(43-5)34(39-32(25)28)44-13-12-42-4/h6-11,14-15,17H,12-13,16H2,1-5H3,(H,38,41). The van der Waals surface area contributed by atoms with Crippen LogP contribution in [0.1, 0.15) is 32.9 Å². The van der Waals surface area contributed by atoms with Gasteiger partial charge in [0.05, 0.1) is 24.8 Å². The van der Waals surface area contributed by atoms with E-state index < -0.39 is 22.8 Å². The van der Waals surface area contributed by atoms with E-state index in [9.17, 15) is 14.0 Å². The fraction of sp³-hybridized carbons (Fsp3) is 0.235. The fourth-order valence-corrected chi connectivity index (χ4v) is 5.13. The Morgan fingerprint density at radius 2 is 1.71 bits per heavy atom. The van der Waals surface area contributed by atoms with Crippen molar-refractivity contribution in [1.29, 1.82) is 0 Å². The second-order valence-corrected chi connectivity index (χ2v) is 10.4. The minimum Gasteiger partial charge on any atom is -0.491 e. The van der Waals surface area contributed by atoms with Gasteiger partial charge < -0.3 is 23.9 Å². The zero-order valence-electron chi connectivity index (χ0n) is 25.4. The number of carbonyl (C=O) groups excluding carboxylic acids is 1. The first-order valence-corrected chi connectivity index (χ1v) is 14.1. The lowest BCUT2D eigenvalue weighted by molar-refractivity contribution is 0.0991. The van der Waals surface area contributed by atoms with Crippen molar-refractivity contribution in [2.75, 3.05) is 27.4 Å². The van der Waals surface area contributed by atoms with E-state index in [2.05, 4.69) is 15.0 Å². The van der Waals surface area contributed by atoms with Crippen molar-refractivity contribution in [3.63, 3.8) is 0 Å². The quantitative estimate of drug-likeness (QED) is 0.133. The molecule has 0 unspecified atom stereocenters. The Balaban J connectivity index is 1.41. The lowest BCUT2D eigenvalue weighted by Gasteiger charge is -2.14. The van der Waals surface area contributed by atoms with Gasteiger partial charge in [-0.3, -0.25) is 14.6 Å². The summed E-state index contributed by atoms with van der Waals surface area (Å²) in [5.41, 5.74) is 2.95. The van der Waals surface area contributed by atoms with E-state index in [1.54, 1.807) is 46.1 Å². The van der Waals surface area contributed by atoms with Crippen LogP contribution in [0.4, 0.5) is 8.78 Å². The number of ether oxygens (including phenoxy) is 4. The van der Waals surface area contributed by atoms with Gasteiger partial charge in [-0.25, -0.2) is 13.8 Å². The number of nitrogens with zero attached hydrogens (tertiary/aromatic N) is 2. The minimum atomic E-state index is -0.715. The van der Waals surface area contributed by atoms with Crippen molar-refractivity contribution in [3.8, 4) is 34.3 Å². The minimum absolute atomic E-state index is 0.0339. The number of aryl methyl sites for hydroxylation is 3. The van der Waals surface area contributed by atoms with E-state index in [1.807, 2.05) is 0 Å². The molecule has 5 rings (SSSR count). The molecule has 0 bridgehead atoms. The van der Waals surface area contributed by atoms with Gasteiger partial charge in [-0.2, -0.15) is 0 Å². The molecular weight excluding hydrogens is 584 g/mol. The molecule has 232 valence electrons. The highest BCUT2D eigenvalue weighted by Crippen LogP contribution is 2.35. The largest absolute Gasteiger partial charge is 0.491 e. The zero-order chi connectivity index (χ0) is 32.2. The number of H-pyrrole nitrogens is 1. The monoisotopic (exact) mass is 615 g/mol. The molecule has 0 aliphatic heterocycles. The maximum atomic E-state index is 15.3. The summed E-state index contributed by atoms with van der Waals surface area (Å²) in [4.78, 5) is 38.9. The summed E-state index contributed by atoms with van der Waals surface area (Å²) in [7, 11) is 3.03. The SMILES string of the molecule is COCCOc1nc2c(Oc3ccc(CC(=O)c4c(C)[nH]c(C)c(-c5ccc(F)cc5C)c4=O)cc3F)ccnc2cc1OC. The van der Waals surface area contributed by atoms with Gasteiger partial charge in [0.25, 0.3) is 5.88 Å². The molecule has 0 saturated carbocycles. The average Bonchev–Trinajstić information content (AvgIpc) is 2.99. The number of Topliss-reactive ketones (excluding diaryl/α,β-unsaturated/α-hetero) is 1. The first-order valence-electron chi connectivity index (χ1n) is 14.1. The molecule has 3 heterocycles. The number of fused-ring (bicyclic) bond motifs is 1. The number of nitrogens with one attached hydrogen (secondary N) is 1. The Morgan fingerprint density at radius 1 is 0.911 bits per heavy atom. The fourth-order valence-electron chi connectivity index (χ4n) is 5.13. The predicted molar refractivity (Wildman–Crippen MR) is 165 cm³/mol. The Morgan fingerprint density at radius 3 is 2.42 bits per heavy atom. The average molecular weight is 616 g/mol. The van der Waals surface area contributed by atoms with Crippen LogP contribution in [0.15, 0.2) is 59.5 Å². The molecule has 2 aromatic carbocycles. The van der Waals surface area contributed by atoms with Crippen LogP contribution in [-0.4, -0.2) is 48.2 Å². The molecule has 11 heteroatoms. The van der Waals surface area contributed by atoms with Crippen LogP contribution in [0.3, 0.4) is 0 Å². The number of aromatic nitrogens is 3. The number of benzene rings is 2. The van der Waals surface area contributed by atoms with Crippen molar-refractivity contribution < 1.29 is 32.5 Å². The highest BCUT2D eigenvalue weighted by Gasteiger charge is 2.22. The Kier molecular flexibility index (Phi) is 9.19. The van der Waals surface area contributed by atoms with Gasteiger partial charge in [-0.05, 0) is 61.7 Å². The molecule has 9 nitrogen and oxygen atoms in total. The van der Waals surface area contributed by atoms with Gasteiger partial charge in [-0.1, -0.05) is 12.1 Å². The molecule has 0 radical (unpaired) electrons. The molecular formula is C34H31F2N3O6. The number of pyridine rings is 3. The zero-order valence-corrected chi connectivity index (χ0v) is 25.4. The third kappa shape index (κ3) is 6.53. The number of ketones is 1. The second-order valence-electron chi connectivity index (χ2n) is 10.4. The molecule has 0 fully saturated rings. The number of methoxy groups -OCH3 is 2. The lowest BCUT2D eigenvalue weighted by Crippen LogP contribution is -2.23. The molecule has 1 N–H and O–H groups in total. The van der Waals surface area contributed by atoms with E-state index in [0.29, 0.717) is 57.0 Å². The molecule has 0 atom stereocenters. The number of halogens is 2. The Labute approximate surface area is 257 Å². The van der Waals surface area contributed by atoms with Gasteiger partial charge in [0, 0.05) is 48.8 Å². The second kappa shape index (κ2) is 13.2. The third-order valence-corrected chi connectivity index (χ3v) is 7.25. The van der Waals surface area contributed by atoms with E-state index in [-0.39, 0.29) is 36.0 Å². The highest BCUT2D eigenvalue weighted by molar-refractivity contribution is 5.99. The van der Waals surface area contributed by atoms with E-state index in [0.717, 1.165) is 0 Å². The molecule has 0 amide bonds. The molecule has 45 heavy (non-hydrogen) atoms. The summed E-state index contributed by atoms with van der Waals surface area (Å²) in [6, 6.07) is 11.5. The van der Waals surface area contributed by atoms with E-state index >= 15 is 4.39 Å². The van der Waals surface area contributed by atoms with E-state index in [4.69, 9.17) is 18.9 Å². The van der Waals surface area contributed by atoms with Gasteiger partial charge in [0.2, 0.25) is 5.43 Å². The third-order valence-electron chi connectivity index (χ3n) is 7.25. The summed E-state index contributed by atoms with van der Waals surface area (Å²) in [5, 5.41) is 0. The van der Waals surface area contributed by atoms with Crippen molar-refractivity contribution in [2.45, 2.75) is 27.2 Å². The maximum Gasteiger partial charge on any atom is 0.257 e. The van der Waals surface area contributed by atoms with Crippen molar-refractivity contribution in [1.82, 2.24) is 15.0 Å². The molecule has 3 aromatic heterocycles. The smallest absolute Gasteiger partial charge is 0.257 e. The van der Waals surface area contributed by atoms with Gasteiger partial charge in [0.1, 0.15) is 17.9 Å². The van der Waals surface area contributed by atoms with Crippen LogP contribution in [0.5, 0.6) is 23.1 Å². The van der Waals surface area contributed by atoms with Gasteiger partial charge >= 0.3 is 0 Å². The molecule has 0 aliphatic rings. The van der Waals surface area contributed by atoms with Crippen LogP contribution < -0.4 is 19.6 Å². The van der Waals surface area contributed by atoms with Gasteiger partial charge in [0.15, 0.2) is 28.8 Å². The van der Waals surface area contributed by atoms with Crippen molar-refractivity contribution in [2.24, 2.45) is 0 Å². The molecule has 0 spiro atoms. The van der Waals surface area contributed by atoms with Gasteiger partial charge in [-0.15, -0.1) is 0 Å². The molecule has 0 aliphatic carbocycles. The Bertz CT molecular complexity index is 1980. The van der Waals surface area contributed by atoms with Crippen LogP contribution in [-0.2, 0) is 11.2 Å². The predicted octanol–water partition coefficient (Wildman–Crippen LogP) is 6.44. The first-order chi connectivity index (χ1) is 21.6. The van der Waals surface area contributed by atoms with E-state index in [1.165, 1.54) is 43.6 Å². The molecule has 0 saturated heterocycles. The summed E-state index contributed by atoms with van der Waals surface area (Å²) < 4.78 is 51.0. The van der Waals surface area contributed by atoms with Crippen LogP contribution >= 0.6 is 0 Å². The number of rotatable bonds is 11. The number of aromatic amines is 1. The number of hydrogen-bond donors (Lipinski definition) is 1. The summed E-state index contributed by atoms with van der Waals surface area (Å²) in [6.07, 6.45) is 1.27. The van der Waals surface area contributed by atoms with Crippen LogP contribution in [0.2, 0.25) is 0 Å². The molecule has 5 aromatic rings. The summed E-state index contributed by atoms with van der Waals surface area (Å²) in [6.45, 7) is 5.63. The number of hydrogen-bond acceptors (Lipinski definition) is 8. The van der Waals surface area contributed by atoms with Crippen LogP contribution in [0, 0.1) is 32.4 Å².